The third kappa shape index (κ3) is 1.97. The molecule has 2 aromatic heterocycles. The molecule has 88 valence electrons. The van der Waals surface area contributed by atoms with E-state index in [9.17, 15) is 4.79 Å². The lowest BCUT2D eigenvalue weighted by Gasteiger charge is -2.26. The summed E-state index contributed by atoms with van der Waals surface area (Å²) in [6.45, 7) is 1.89. The fourth-order valence-corrected chi connectivity index (χ4v) is 2.67. The zero-order chi connectivity index (χ0) is 11.7. The average Bonchev–Trinajstić information content (AvgIpc) is 2.40. The molecule has 0 amide bonds. The van der Waals surface area contributed by atoms with Crippen LogP contribution in [-0.4, -0.2) is 44.5 Å². The molecule has 0 saturated carbocycles. The van der Waals surface area contributed by atoms with Crippen LogP contribution in [-0.2, 0) is 0 Å². The topological polar surface area (TPSA) is 74.8 Å². The van der Waals surface area contributed by atoms with Crippen LogP contribution in [0.5, 0.6) is 0 Å². The summed E-state index contributed by atoms with van der Waals surface area (Å²) in [7, 11) is 0. The molecule has 3 heterocycles. The molecule has 0 aromatic carbocycles. The van der Waals surface area contributed by atoms with Gasteiger partial charge in [-0.15, -0.1) is 0 Å². The SMILES string of the molecule is O=c1[nH]cnc2nc(N3CCSCC3)ncc12. The van der Waals surface area contributed by atoms with Crippen LogP contribution in [0.25, 0.3) is 11.0 Å². The molecule has 3 rings (SSSR count). The van der Waals surface area contributed by atoms with Crippen molar-refractivity contribution in [1.82, 2.24) is 19.9 Å². The van der Waals surface area contributed by atoms with Gasteiger partial charge in [0.1, 0.15) is 5.39 Å². The number of nitrogens with one attached hydrogen (secondary N) is 1. The van der Waals surface area contributed by atoms with Gasteiger partial charge < -0.3 is 9.88 Å². The van der Waals surface area contributed by atoms with Gasteiger partial charge >= 0.3 is 0 Å². The largest absolute Gasteiger partial charge is 0.339 e. The maximum atomic E-state index is 11.5. The lowest BCUT2D eigenvalue weighted by atomic mass is 10.4. The first-order valence-electron chi connectivity index (χ1n) is 5.38. The minimum Gasteiger partial charge on any atom is -0.339 e. The standard InChI is InChI=1S/C10H11N5OS/c16-9-7-5-11-10(14-8(7)12-6-13-9)15-1-3-17-4-2-15/h5-6H,1-4H2,(H,11,12,13,14,16). The van der Waals surface area contributed by atoms with Crippen molar-refractivity contribution in [3.8, 4) is 0 Å². The van der Waals surface area contributed by atoms with Crippen molar-refractivity contribution in [2.75, 3.05) is 29.5 Å². The quantitative estimate of drug-likeness (QED) is 0.781. The van der Waals surface area contributed by atoms with Crippen molar-refractivity contribution in [2.24, 2.45) is 0 Å². The van der Waals surface area contributed by atoms with Gasteiger partial charge in [0, 0.05) is 30.8 Å². The summed E-state index contributed by atoms with van der Waals surface area (Å²) in [4.78, 5) is 28.7. The molecule has 1 saturated heterocycles. The molecule has 1 fully saturated rings. The Balaban J connectivity index is 2.04. The number of hydrogen-bond acceptors (Lipinski definition) is 6. The van der Waals surface area contributed by atoms with Crippen LogP contribution in [0, 0.1) is 0 Å². The Morgan fingerprint density at radius 3 is 2.94 bits per heavy atom. The number of thioether (sulfide) groups is 1. The summed E-state index contributed by atoms with van der Waals surface area (Å²) in [5.74, 6) is 2.84. The molecule has 2 aromatic rings. The first-order valence-corrected chi connectivity index (χ1v) is 6.53. The van der Waals surface area contributed by atoms with E-state index < -0.39 is 0 Å². The fourth-order valence-electron chi connectivity index (χ4n) is 1.77. The van der Waals surface area contributed by atoms with E-state index in [4.69, 9.17) is 0 Å². The van der Waals surface area contributed by atoms with Gasteiger partial charge in [-0.25, -0.2) is 9.97 Å². The van der Waals surface area contributed by atoms with Gasteiger partial charge in [0.15, 0.2) is 5.65 Å². The van der Waals surface area contributed by atoms with Crippen molar-refractivity contribution in [3.05, 3.63) is 22.9 Å². The number of rotatable bonds is 1. The first kappa shape index (κ1) is 10.5. The zero-order valence-electron chi connectivity index (χ0n) is 9.09. The molecule has 0 spiro atoms. The number of anilines is 1. The minimum absolute atomic E-state index is 0.198. The van der Waals surface area contributed by atoms with Crippen LogP contribution in [0.3, 0.4) is 0 Å². The Labute approximate surface area is 101 Å². The van der Waals surface area contributed by atoms with E-state index in [0.717, 1.165) is 24.6 Å². The molecule has 0 atom stereocenters. The maximum absolute atomic E-state index is 11.5. The lowest BCUT2D eigenvalue weighted by molar-refractivity contribution is 0.818. The van der Waals surface area contributed by atoms with Crippen molar-refractivity contribution in [1.29, 1.82) is 0 Å². The maximum Gasteiger partial charge on any atom is 0.261 e. The second kappa shape index (κ2) is 4.33. The summed E-state index contributed by atoms with van der Waals surface area (Å²) in [5.41, 5.74) is 0.257. The van der Waals surface area contributed by atoms with Crippen LogP contribution in [0.4, 0.5) is 5.95 Å². The highest BCUT2D eigenvalue weighted by molar-refractivity contribution is 7.99. The van der Waals surface area contributed by atoms with Crippen molar-refractivity contribution < 1.29 is 0 Å². The van der Waals surface area contributed by atoms with Crippen LogP contribution in [0.15, 0.2) is 17.3 Å². The Morgan fingerprint density at radius 1 is 1.29 bits per heavy atom. The second-order valence-corrected chi connectivity index (χ2v) is 4.96. The average molecular weight is 249 g/mol. The smallest absolute Gasteiger partial charge is 0.261 e. The fraction of sp³-hybridized carbons (Fsp3) is 0.400. The summed E-state index contributed by atoms with van der Waals surface area (Å²) < 4.78 is 0. The van der Waals surface area contributed by atoms with Crippen molar-refractivity contribution >= 4 is 28.7 Å². The number of aromatic amines is 1. The molecule has 6 nitrogen and oxygen atoms in total. The Hall–Kier alpha value is -1.63. The Morgan fingerprint density at radius 2 is 2.12 bits per heavy atom. The van der Waals surface area contributed by atoms with E-state index >= 15 is 0 Å². The highest BCUT2D eigenvalue weighted by atomic mass is 32.2. The summed E-state index contributed by atoms with van der Waals surface area (Å²) in [5, 5.41) is 0.433. The highest BCUT2D eigenvalue weighted by Gasteiger charge is 2.14. The number of hydrogen-bond donors (Lipinski definition) is 1. The van der Waals surface area contributed by atoms with E-state index in [1.54, 1.807) is 6.20 Å². The minimum atomic E-state index is -0.198. The van der Waals surface area contributed by atoms with E-state index in [1.165, 1.54) is 6.33 Å². The lowest BCUT2D eigenvalue weighted by Crippen LogP contribution is -2.33. The van der Waals surface area contributed by atoms with E-state index in [1.807, 2.05) is 11.8 Å². The van der Waals surface area contributed by atoms with Crippen LogP contribution in [0.1, 0.15) is 0 Å². The molecular formula is C10H11N5OS. The van der Waals surface area contributed by atoms with Crippen LogP contribution >= 0.6 is 11.8 Å². The molecule has 17 heavy (non-hydrogen) atoms. The summed E-state index contributed by atoms with van der Waals surface area (Å²) in [6, 6.07) is 0. The summed E-state index contributed by atoms with van der Waals surface area (Å²) >= 11 is 1.93. The van der Waals surface area contributed by atoms with Gasteiger partial charge in [0.05, 0.1) is 6.33 Å². The third-order valence-electron chi connectivity index (χ3n) is 2.68. The zero-order valence-corrected chi connectivity index (χ0v) is 9.90. The number of nitrogens with zero attached hydrogens (tertiary/aromatic N) is 4. The molecule has 0 bridgehead atoms. The molecular weight excluding hydrogens is 238 g/mol. The van der Waals surface area contributed by atoms with Crippen molar-refractivity contribution in [3.63, 3.8) is 0 Å². The molecule has 1 aliphatic rings. The van der Waals surface area contributed by atoms with Crippen LogP contribution < -0.4 is 10.5 Å². The van der Waals surface area contributed by atoms with Gasteiger partial charge in [0.25, 0.3) is 5.56 Å². The summed E-state index contributed by atoms with van der Waals surface area (Å²) in [6.07, 6.45) is 2.92. The normalized spacial score (nSPS) is 16.4. The number of H-pyrrole nitrogens is 1. The molecule has 0 radical (unpaired) electrons. The third-order valence-corrected chi connectivity index (χ3v) is 3.62. The monoisotopic (exact) mass is 249 g/mol. The predicted molar refractivity (Wildman–Crippen MR) is 67.5 cm³/mol. The van der Waals surface area contributed by atoms with Gasteiger partial charge in [-0.2, -0.15) is 16.7 Å². The van der Waals surface area contributed by atoms with Gasteiger partial charge in [-0.3, -0.25) is 4.79 Å². The Kier molecular flexibility index (Phi) is 2.68. The first-order chi connectivity index (χ1) is 8.34. The van der Waals surface area contributed by atoms with E-state index in [0.29, 0.717) is 17.0 Å². The molecule has 7 heteroatoms. The van der Waals surface area contributed by atoms with Gasteiger partial charge in [0.2, 0.25) is 5.95 Å². The molecule has 1 N–H and O–H groups in total. The van der Waals surface area contributed by atoms with Crippen molar-refractivity contribution in [2.45, 2.75) is 0 Å². The van der Waals surface area contributed by atoms with Gasteiger partial charge in [-0.05, 0) is 0 Å². The predicted octanol–water partition coefficient (Wildman–Crippen LogP) is 0.266. The number of fused-ring (bicyclic) bond motifs is 1. The highest BCUT2D eigenvalue weighted by Crippen LogP contribution is 2.15. The number of aromatic nitrogens is 4. The second-order valence-electron chi connectivity index (χ2n) is 3.74. The van der Waals surface area contributed by atoms with E-state index in [-0.39, 0.29) is 5.56 Å². The van der Waals surface area contributed by atoms with E-state index in [2.05, 4.69) is 24.8 Å². The molecule has 1 aliphatic heterocycles. The Bertz CT molecular complexity index is 593. The molecule has 0 unspecified atom stereocenters. The molecule has 0 aliphatic carbocycles. The van der Waals surface area contributed by atoms with Crippen LogP contribution in [0.2, 0.25) is 0 Å². The van der Waals surface area contributed by atoms with Gasteiger partial charge in [-0.1, -0.05) is 0 Å².